The van der Waals surface area contributed by atoms with Crippen molar-refractivity contribution in [2.45, 2.75) is 39.7 Å². The molecule has 0 aromatic carbocycles. The van der Waals surface area contributed by atoms with E-state index in [0.29, 0.717) is 18.0 Å². The maximum Gasteiger partial charge on any atom is 0.257 e. The van der Waals surface area contributed by atoms with Gasteiger partial charge in [-0.15, -0.1) is 0 Å². The molecule has 4 nitrogen and oxygen atoms in total. The van der Waals surface area contributed by atoms with Gasteiger partial charge >= 0.3 is 0 Å². The number of nitrogens with zero attached hydrogens (tertiary/aromatic N) is 1. The summed E-state index contributed by atoms with van der Waals surface area (Å²) >= 11 is 0. The molecule has 1 aliphatic rings. The van der Waals surface area contributed by atoms with Crippen molar-refractivity contribution in [3.8, 4) is 0 Å². The molecular weight excluding hydrogens is 204 g/mol. The first-order valence-electron chi connectivity index (χ1n) is 5.58. The Hall–Kier alpha value is -1.16. The van der Waals surface area contributed by atoms with Gasteiger partial charge in [0.2, 0.25) is 0 Å². The lowest BCUT2D eigenvalue weighted by Crippen LogP contribution is -2.55. The molecule has 1 aliphatic heterocycles. The van der Waals surface area contributed by atoms with Crippen LogP contribution in [0.4, 0.5) is 0 Å². The van der Waals surface area contributed by atoms with Gasteiger partial charge in [-0.25, -0.2) is 0 Å². The molecular formula is C12H20N2O2. The highest BCUT2D eigenvalue weighted by Gasteiger charge is 2.42. The van der Waals surface area contributed by atoms with Crippen LogP contribution in [0.1, 0.15) is 34.1 Å². The summed E-state index contributed by atoms with van der Waals surface area (Å²) in [5.41, 5.74) is 5.66. The monoisotopic (exact) mass is 224 g/mol. The van der Waals surface area contributed by atoms with E-state index in [9.17, 15) is 9.59 Å². The van der Waals surface area contributed by atoms with E-state index in [-0.39, 0.29) is 11.8 Å². The minimum atomic E-state index is -0.573. The predicted octanol–water partition coefficient (Wildman–Crippen LogP) is 1.06. The average Bonchev–Trinajstić information content (AvgIpc) is 2.40. The van der Waals surface area contributed by atoms with Crippen molar-refractivity contribution in [2.24, 2.45) is 11.7 Å². The quantitative estimate of drug-likeness (QED) is 0.726. The molecule has 0 spiro atoms. The number of carbonyl (C=O) groups is 2. The molecule has 0 bridgehead atoms. The smallest absolute Gasteiger partial charge is 0.257 e. The third-order valence-electron chi connectivity index (χ3n) is 2.93. The second-order valence-corrected chi connectivity index (χ2v) is 5.11. The van der Waals surface area contributed by atoms with Crippen LogP contribution in [-0.2, 0) is 9.59 Å². The largest absolute Gasteiger partial charge is 0.328 e. The number of imide groups is 1. The lowest BCUT2D eigenvalue weighted by atomic mass is 9.89. The van der Waals surface area contributed by atoms with Gasteiger partial charge in [-0.3, -0.25) is 14.5 Å². The first kappa shape index (κ1) is 12.9. The summed E-state index contributed by atoms with van der Waals surface area (Å²) in [5, 5.41) is 0. The molecule has 0 saturated heterocycles. The summed E-state index contributed by atoms with van der Waals surface area (Å²) in [6.45, 7) is 7.93. The Morgan fingerprint density at radius 2 is 2.00 bits per heavy atom. The molecule has 2 N–H and O–H groups in total. The summed E-state index contributed by atoms with van der Waals surface area (Å²) in [7, 11) is 0. The van der Waals surface area contributed by atoms with Crippen molar-refractivity contribution in [1.82, 2.24) is 4.90 Å². The number of nitrogens with two attached hydrogens (primary N) is 1. The van der Waals surface area contributed by atoms with Crippen LogP contribution in [0, 0.1) is 5.92 Å². The molecule has 16 heavy (non-hydrogen) atoms. The van der Waals surface area contributed by atoms with Gasteiger partial charge in [-0.05, 0) is 26.2 Å². The Bertz CT molecular complexity index is 347. The molecule has 0 aromatic rings. The van der Waals surface area contributed by atoms with E-state index in [2.05, 4.69) is 13.8 Å². The summed E-state index contributed by atoms with van der Waals surface area (Å²) < 4.78 is 0. The molecule has 1 unspecified atom stereocenters. The average molecular weight is 224 g/mol. The number of rotatable bonds is 4. The zero-order valence-electron chi connectivity index (χ0n) is 10.4. The SMILES string of the molecule is CC1=CC(=O)N(C(C)(CN)CC(C)C)C1=O. The summed E-state index contributed by atoms with van der Waals surface area (Å²) in [4.78, 5) is 24.9. The van der Waals surface area contributed by atoms with Gasteiger partial charge in [0.1, 0.15) is 0 Å². The molecule has 1 atom stereocenters. The third kappa shape index (κ3) is 2.16. The van der Waals surface area contributed by atoms with Crippen molar-refractivity contribution in [2.75, 3.05) is 6.54 Å². The maximum atomic E-state index is 11.9. The van der Waals surface area contributed by atoms with E-state index in [1.165, 1.54) is 11.0 Å². The van der Waals surface area contributed by atoms with Crippen LogP contribution in [-0.4, -0.2) is 28.8 Å². The van der Waals surface area contributed by atoms with Crippen molar-refractivity contribution in [3.63, 3.8) is 0 Å². The predicted molar refractivity (Wildman–Crippen MR) is 62.5 cm³/mol. The highest BCUT2D eigenvalue weighted by atomic mass is 16.2. The molecule has 0 aromatic heterocycles. The Labute approximate surface area is 96.5 Å². The Morgan fingerprint density at radius 1 is 1.44 bits per heavy atom. The number of hydrogen-bond donors (Lipinski definition) is 1. The second kappa shape index (κ2) is 4.37. The van der Waals surface area contributed by atoms with Crippen LogP contribution in [0.5, 0.6) is 0 Å². The lowest BCUT2D eigenvalue weighted by molar-refractivity contribution is -0.144. The van der Waals surface area contributed by atoms with E-state index in [1.807, 2.05) is 6.92 Å². The molecule has 0 fully saturated rings. The normalized spacial score (nSPS) is 20.4. The van der Waals surface area contributed by atoms with Crippen molar-refractivity contribution in [1.29, 1.82) is 0 Å². The highest BCUT2D eigenvalue weighted by molar-refractivity contribution is 6.16. The van der Waals surface area contributed by atoms with Gasteiger partial charge in [0.25, 0.3) is 11.8 Å². The molecule has 1 rings (SSSR count). The topological polar surface area (TPSA) is 63.4 Å². The van der Waals surface area contributed by atoms with E-state index < -0.39 is 5.54 Å². The minimum Gasteiger partial charge on any atom is -0.328 e. The third-order valence-corrected chi connectivity index (χ3v) is 2.93. The summed E-state index contributed by atoms with van der Waals surface area (Å²) in [6, 6.07) is 0. The molecule has 1 heterocycles. The van der Waals surface area contributed by atoms with Gasteiger partial charge in [0, 0.05) is 18.2 Å². The van der Waals surface area contributed by atoms with E-state index in [0.717, 1.165) is 6.42 Å². The molecule has 90 valence electrons. The van der Waals surface area contributed by atoms with Crippen LogP contribution in [0.15, 0.2) is 11.6 Å². The van der Waals surface area contributed by atoms with Crippen molar-refractivity contribution in [3.05, 3.63) is 11.6 Å². The zero-order valence-corrected chi connectivity index (χ0v) is 10.4. The van der Waals surface area contributed by atoms with Crippen LogP contribution in [0.3, 0.4) is 0 Å². The number of hydrogen-bond acceptors (Lipinski definition) is 3. The minimum absolute atomic E-state index is 0.210. The van der Waals surface area contributed by atoms with Crippen LogP contribution in [0.2, 0.25) is 0 Å². The molecule has 2 amide bonds. The van der Waals surface area contributed by atoms with Crippen molar-refractivity contribution < 1.29 is 9.59 Å². The Kier molecular flexibility index (Phi) is 3.53. The summed E-state index contributed by atoms with van der Waals surface area (Å²) in [6.07, 6.45) is 2.11. The first-order chi connectivity index (χ1) is 7.31. The van der Waals surface area contributed by atoms with E-state index >= 15 is 0 Å². The molecule has 0 radical (unpaired) electrons. The van der Waals surface area contributed by atoms with E-state index in [4.69, 9.17) is 5.73 Å². The van der Waals surface area contributed by atoms with Crippen LogP contribution < -0.4 is 5.73 Å². The fraction of sp³-hybridized carbons (Fsp3) is 0.667. The van der Waals surface area contributed by atoms with Crippen LogP contribution >= 0.6 is 0 Å². The molecule has 4 heteroatoms. The highest BCUT2D eigenvalue weighted by Crippen LogP contribution is 2.28. The molecule has 0 aliphatic carbocycles. The Morgan fingerprint density at radius 3 is 2.31 bits per heavy atom. The van der Waals surface area contributed by atoms with Gasteiger partial charge < -0.3 is 5.73 Å². The van der Waals surface area contributed by atoms with Crippen molar-refractivity contribution >= 4 is 11.8 Å². The fourth-order valence-electron chi connectivity index (χ4n) is 2.24. The fourth-order valence-corrected chi connectivity index (χ4v) is 2.24. The van der Waals surface area contributed by atoms with Gasteiger partial charge in [0.05, 0.1) is 5.54 Å². The van der Waals surface area contributed by atoms with Gasteiger partial charge in [0.15, 0.2) is 0 Å². The standard InChI is InChI=1S/C12H20N2O2/c1-8(2)6-12(4,7-13)14-10(15)5-9(3)11(14)16/h5,8H,6-7,13H2,1-4H3. The van der Waals surface area contributed by atoms with Gasteiger partial charge in [-0.2, -0.15) is 0 Å². The zero-order chi connectivity index (χ0) is 12.5. The number of amides is 2. The maximum absolute atomic E-state index is 11.9. The number of carbonyl (C=O) groups excluding carboxylic acids is 2. The van der Waals surface area contributed by atoms with Gasteiger partial charge in [-0.1, -0.05) is 13.8 Å². The second-order valence-electron chi connectivity index (χ2n) is 5.11. The molecule has 0 saturated carbocycles. The first-order valence-corrected chi connectivity index (χ1v) is 5.58. The van der Waals surface area contributed by atoms with E-state index in [1.54, 1.807) is 6.92 Å². The Balaban J connectivity index is 2.98. The lowest BCUT2D eigenvalue weighted by Gasteiger charge is -2.37. The van der Waals surface area contributed by atoms with Crippen LogP contribution in [0.25, 0.3) is 0 Å². The summed E-state index contributed by atoms with van der Waals surface area (Å²) in [5.74, 6) is -0.0650.